The minimum absolute atomic E-state index is 0.178. The van der Waals surface area contributed by atoms with E-state index < -0.39 is 0 Å². The highest BCUT2D eigenvalue weighted by Crippen LogP contribution is 2.08. The van der Waals surface area contributed by atoms with Crippen LogP contribution < -0.4 is 16.6 Å². The summed E-state index contributed by atoms with van der Waals surface area (Å²) < 4.78 is 4.83. The molecule has 1 aromatic rings. The summed E-state index contributed by atoms with van der Waals surface area (Å²) in [6.45, 7) is 4.70. The van der Waals surface area contributed by atoms with E-state index in [1.807, 2.05) is 13.0 Å². The fourth-order valence-corrected chi connectivity index (χ4v) is 1.41. The van der Waals surface area contributed by atoms with Crippen LogP contribution in [-0.2, 0) is 9.53 Å². The van der Waals surface area contributed by atoms with E-state index in [1.54, 1.807) is 6.92 Å². The van der Waals surface area contributed by atoms with Gasteiger partial charge in [0.05, 0.1) is 6.61 Å². The second kappa shape index (κ2) is 7.44. The van der Waals surface area contributed by atoms with E-state index in [9.17, 15) is 4.79 Å². The number of ether oxygens (including phenoxy) is 1. The molecular formula is C11H19N5O2. The van der Waals surface area contributed by atoms with Crippen LogP contribution in [0, 0.1) is 6.92 Å². The molecule has 0 aliphatic heterocycles. The molecule has 100 valence electrons. The lowest BCUT2D eigenvalue weighted by Gasteiger charge is -2.07. The molecule has 0 aromatic carbocycles. The largest absolute Gasteiger partial charge is 0.466 e. The second-order valence-corrected chi connectivity index (χ2v) is 3.70. The Morgan fingerprint density at radius 1 is 1.50 bits per heavy atom. The average Bonchev–Trinajstić information content (AvgIpc) is 2.34. The van der Waals surface area contributed by atoms with E-state index in [0.717, 1.165) is 5.69 Å². The van der Waals surface area contributed by atoms with Crippen molar-refractivity contribution in [3.8, 4) is 0 Å². The van der Waals surface area contributed by atoms with Crippen molar-refractivity contribution in [2.75, 3.05) is 23.9 Å². The Labute approximate surface area is 106 Å². The van der Waals surface area contributed by atoms with Crippen LogP contribution in [0.2, 0.25) is 0 Å². The number of hydrogen-bond donors (Lipinski definition) is 3. The van der Waals surface area contributed by atoms with Crippen molar-refractivity contribution < 1.29 is 9.53 Å². The van der Waals surface area contributed by atoms with Crippen LogP contribution in [-0.4, -0.2) is 29.1 Å². The van der Waals surface area contributed by atoms with E-state index in [4.69, 9.17) is 10.6 Å². The average molecular weight is 253 g/mol. The standard InChI is InChI=1S/C11H19N5O2/c1-3-18-10(17)5-4-6-13-9-7-8(2)14-11(15-9)16-12/h7H,3-6,12H2,1-2H3,(H2,13,14,15,16). The number of nitrogen functional groups attached to an aromatic ring is 1. The summed E-state index contributed by atoms with van der Waals surface area (Å²) in [6.07, 6.45) is 1.08. The first-order chi connectivity index (χ1) is 8.65. The van der Waals surface area contributed by atoms with Gasteiger partial charge in [-0.25, -0.2) is 10.8 Å². The summed E-state index contributed by atoms with van der Waals surface area (Å²) in [4.78, 5) is 19.3. The molecule has 0 saturated heterocycles. The summed E-state index contributed by atoms with van der Waals surface area (Å²) >= 11 is 0. The predicted octanol–water partition coefficient (Wildman–Crippen LogP) is 0.826. The number of nitrogens with one attached hydrogen (secondary N) is 2. The summed E-state index contributed by atoms with van der Waals surface area (Å²) in [5, 5.41) is 3.10. The van der Waals surface area contributed by atoms with Crippen LogP contribution in [0.25, 0.3) is 0 Å². The van der Waals surface area contributed by atoms with E-state index in [-0.39, 0.29) is 5.97 Å². The lowest BCUT2D eigenvalue weighted by Crippen LogP contribution is -2.13. The number of nitrogens with zero attached hydrogens (tertiary/aromatic N) is 2. The Kier molecular flexibility index (Phi) is 5.86. The normalized spacial score (nSPS) is 9.94. The van der Waals surface area contributed by atoms with E-state index in [2.05, 4.69) is 20.7 Å². The Bertz CT molecular complexity index is 397. The Morgan fingerprint density at radius 3 is 2.94 bits per heavy atom. The predicted molar refractivity (Wildman–Crippen MR) is 68.9 cm³/mol. The molecule has 0 aliphatic rings. The summed E-state index contributed by atoms with van der Waals surface area (Å²) in [7, 11) is 0. The van der Waals surface area contributed by atoms with Crippen molar-refractivity contribution in [2.24, 2.45) is 5.84 Å². The molecule has 0 radical (unpaired) electrons. The van der Waals surface area contributed by atoms with Gasteiger partial charge in [-0.1, -0.05) is 0 Å². The van der Waals surface area contributed by atoms with Crippen LogP contribution in [0.4, 0.5) is 11.8 Å². The molecule has 1 aromatic heterocycles. The van der Waals surface area contributed by atoms with Crippen LogP contribution in [0.1, 0.15) is 25.5 Å². The van der Waals surface area contributed by atoms with Crippen molar-refractivity contribution in [1.29, 1.82) is 0 Å². The van der Waals surface area contributed by atoms with Gasteiger partial charge in [-0.2, -0.15) is 4.98 Å². The Hall–Kier alpha value is -1.89. The third-order valence-corrected chi connectivity index (χ3v) is 2.15. The van der Waals surface area contributed by atoms with E-state index in [0.29, 0.717) is 37.8 Å². The van der Waals surface area contributed by atoms with Gasteiger partial charge < -0.3 is 10.1 Å². The van der Waals surface area contributed by atoms with Gasteiger partial charge in [-0.05, 0) is 20.3 Å². The molecule has 0 amide bonds. The summed E-state index contributed by atoms with van der Waals surface area (Å²) in [5.74, 6) is 6.12. The third kappa shape index (κ3) is 4.96. The first-order valence-electron chi connectivity index (χ1n) is 5.87. The zero-order valence-electron chi connectivity index (χ0n) is 10.7. The molecule has 0 atom stereocenters. The van der Waals surface area contributed by atoms with Gasteiger partial charge in [0.15, 0.2) is 0 Å². The number of hydrogen-bond acceptors (Lipinski definition) is 7. The minimum atomic E-state index is -0.178. The molecule has 0 aliphatic carbocycles. The van der Waals surface area contributed by atoms with Crippen molar-refractivity contribution in [1.82, 2.24) is 9.97 Å². The number of carbonyl (C=O) groups is 1. The third-order valence-electron chi connectivity index (χ3n) is 2.15. The van der Waals surface area contributed by atoms with Crippen molar-refractivity contribution in [3.63, 3.8) is 0 Å². The monoisotopic (exact) mass is 253 g/mol. The Balaban J connectivity index is 2.35. The maximum atomic E-state index is 11.1. The van der Waals surface area contributed by atoms with E-state index >= 15 is 0 Å². The topological polar surface area (TPSA) is 102 Å². The van der Waals surface area contributed by atoms with Gasteiger partial charge in [0.25, 0.3) is 0 Å². The number of rotatable bonds is 7. The van der Waals surface area contributed by atoms with Gasteiger partial charge in [-0.15, -0.1) is 0 Å². The molecule has 1 rings (SSSR count). The van der Waals surface area contributed by atoms with Crippen molar-refractivity contribution >= 4 is 17.7 Å². The maximum absolute atomic E-state index is 11.1. The molecular weight excluding hydrogens is 234 g/mol. The highest BCUT2D eigenvalue weighted by molar-refractivity contribution is 5.69. The minimum Gasteiger partial charge on any atom is -0.466 e. The number of hydrazine groups is 1. The molecule has 0 saturated carbocycles. The second-order valence-electron chi connectivity index (χ2n) is 3.70. The number of anilines is 2. The molecule has 7 heteroatoms. The zero-order chi connectivity index (χ0) is 13.4. The molecule has 18 heavy (non-hydrogen) atoms. The van der Waals surface area contributed by atoms with Crippen LogP contribution >= 0.6 is 0 Å². The fraction of sp³-hybridized carbons (Fsp3) is 0.545. The van der Waals surface area contributed by atoms with Crippen LogP contribution in [0.5, 0.6) is 0 Å². The lowest BCUT2D eigenvalue weighted by molar-refractivity contribution is -0.143. The first kappa shape index (κ1) is 14.2. The SMILES string of the molecule is CCOC(=O)CCCNc1cc(C)nc(NN)n1. The number of carbonyl (C=O) groups excluding carboxylic acids is 1. The molecule has 1 heterocycles. The van der Waals surface area contributed by atoms with E-state index in [1.165, 1.54) is 0 Å². The van der Waals surface area contributed by atoms with Crippen LogP contribution in [0.3, 0.4) is 0 Å². The highest BCUT2D eigenvalue weighted by Gasteiger charge is 2.03. The summed E-state index contributed by atoms with van der Waals surface area (Å²) in [6, 6.07) is 1.81. The summed E-state index contributed by atoms with van der Waals surface area (Å²) in [5.41, 5.74) is 3.21. The smallest absolute Gasteiger partial charge is 0.305 e. The van der Waals surface area contributed by atoms with Gasteiger partial charge in [0.1, 0.15) is 5.82 Å². The quantitative estimate of drug-likeness (QED) is 0.286. The molecule has 0 fully saturated rings. The molecule has 4 N–H and O–H groups in total. The fourth-order valence-electron chi connectivity index (χ4n) is 1.41. The number of nitrogens with two attached hydrogens (primary N) is 1. The number of aromatic nitrogens is 2. The number of aryl methyl sites for hydroxylation is 1. The molecule has 0 bridgehead atoms. The van der Waals surface area contributed by atoms with Crippen LogP contribution in [0.15, 0.2) is 6.07 Å². The van der Waals surface area contributed by atoms with Crippen molar-refractivity contribution in [3.05, 3.63) is 11.8 Å². The number of esters is 1. The lowest BCUT2D eigenvalue weighted by atomic mass is 10.3. The zero-order valence-corrected chi connectivity index (χ0v) is 10.7. The van der Waals surface area contributed by atoms with Gasteiger partial charge in [0, 0.05) is 24.7 Å². The van der Waals surface area contributed by atoms with Crippen molar-refractivity contribution in [2.45, 2.75) is 26.7 Å². The molecule has 0 spiro atoms. The Morgan fingerprint density at radius 2 is 2.28 bits per heavy atom. The van der Waals surface area contributed by atoms with Gasteiger partial charge in [0.2, 0.25) is 5.95 Å². The highest BCUT2D eigenvalue weighted by atomic mass is 16.5. The first-order valence-corrected chi connectivity index (χ1v) is 5.87. The van der Waals surface area contributed by atoms with Gasteiger partial charge in [-0.3, -0.25) is 10.2 Å². The van der Waals surface area contributed by atoms with Gasteiger partial charge >= 0.3 is 5.97 Å². The molecule has 7 nitrogen and oxygen atoms in total. The molecule has 0 unspecified atom stereocenters. The maximum Gasteiger partial charge on any atom is 0.305 e.